The highest BCUT2D eigenvalue weighted by Crippen LogP contribution is 2.27. The number of piperidine rings is 1. The fourth-order valence-corrected chi connectivity index (χ4v) is 5.66. The number of nitrogens with one attached hydrogen (secondary N) is 1. The van der Waals surface area contributed by atoms with E-state index >= 15 is 0 Å². The molecule has 7 heteroatoms. The third-order valence-corrected chi connectivity index (χ3v) is 7.60. The number of benzene rings is 2. The maximum absolute atomic E-state index is 12.9. The molecule has 0 unspecified atom stereocenters. The average Bonchev–Trinajstić information content (AvgIpc) is 2.71. The number of nitrogens with zero attached hydrogens (tertiary/aromatic N) is 1. The number of aryl methyl sites for hydroxylation is 2. The molecule has 1 N–H and O–H groups in total. The molecule has 1 heterocycles. The van der Waals surface area contributed by atoms with Gasteiger partial charge in [-0.05, 0) is 48.9 Å². The van der Waals surface area contributed by atoms with Gasteiger partial charge in [0, 0.05) is 23.8 Å². The Hall–Kier alpha value is -1.89. The van der Waals surface area contributed by atoms with Crippen molar-refractivity contribution < 1.29 is 13.2 Å². The standard InChI is InChI=1S/C22H27ClN2O3S/c1-3-17-10-6-8-16(2)21(17)24-22(26)18-11-7-13-25(14-18)29(27,28)15-19-9-4-5-12-20(19)23/h4-6,8-10,12,18H,3,7,11,13-15H2,1-2H3,(H,24,26)/t18-/m1/s1. The number of amides is 1. The molecule has 1 fully saturated rings. The van der Waals surface area contributed by atoms with Gasteiger partial charge in [-0.15, -0.1) is 0 Å². The summed E-state index contributed by atoms with van der Waals surface area (Å²) in [5, 5.41) is 3.49. The number of carbonyl (C=O) groups is 1. The largest absolute Gasteiger partial charge is 0.325 e. The van der Waals surface area contributed by atoms with Crippen LogP contribution in [-0.2, 0) is 27.0 Å². The Kier molecular flexibility index (Phi) is 6.98. The number of sulfonamides is 1. The highest BCUT2D eigenvalue weighted by Gasteiger charge is 2.33. The second-order valence-corrected chi connectivity index (χ2v) is 9.87. The topological polar surface area (TPSA) is 66.5 Å². The summed E-state index contributed by atoms with van der Waals surface area (Å²) in [5.41, 5.74) is 3.51. The third-order valence-electron chi connectivity index (χ3n) is 5.43. The van der Waals surface area contributed by atoms with Crippen LogP contribution in [-0.4, -0.2) is 31.7 Å². The summed E-state index contributed by atoms with van der Waals surface area (Å²) in [6, 6.07) is 12.9. The van der Waals surface area contributed by atoms with Gasteiger partial charge in [0.2, 0.25) is 15.9 Å². The number of hydrogen-bond acceptors (Lipinski definition) is 3. The van der Waals surface area contributed by atoms with E-state index in [1.807, 2.05) is 32.0 Å². The second-order valence-electron chi connectivity index (χ2n) is 7.50. The van der Waals surface area contributed by atoms with Gasteiger partial charge >= 0.3 is 0 Å². The lowest BCUT2D eigenvalue weighted by Gasteiger charge is -2.31. The fourth-order valence-electron chi connectivity index (χ4n) is 3.74. The van der Waals surface area contributed by atoms with E-state index in [0.29, 0.717) is 30.0 Å². The molecule has 0 saturated carbocycles. The van der Waals surface area contributed by atoms with Crippen LogP contribution in [0.3, 0.4) is 0 Å². The smallest absolute Gasteiger partial charge is 0.228 e. The highest BCUT2D eigenvalue weighted by atomic mass is 35.5. The van der Waals surface area contributed by atoms with Crippen LogP contribution in [0.1, 0.15) is 36.5 Å². The van der Waals surface area contributed by atoms with Gasteiger partial charge in [-0.2, -0.15) is 0 Å². The van der Waals surface area contributed by atoms with Crippen LogP contribution >= 0.6 is 11.6 Å². The first-order chi connectivity index (χ1) is 13.8. The summed E-state index contributed by atoms with van der Waals surface area (Å²) in [6.07, 6.45) is 2.16. The Bertz CT molecular complexity index is 991. The van der Waals surface area contributed by atoms with Crippen molar-refractivity contribution in [2.75, 3.05) is 18.4 Å². The van der Waals surface area contributed by atoms with E-state index in [0.717, 1.165) is 23.2 Å². The van der Waals surface area contributed by atoms with Gasteiger partial charge in [0.1, 0.15) is 0 Å². The summed E-state index contributed by atoms with van der Waals surface area (Å²) in [4.78, 5) is 12.9. The maximum atomic E-state index is 12.9. The molecule has 0 aliphatic carbocycles. The van der Waals surface area contributed by atoms with Crippen molar-refractivity contribution in [2.24, 2.45) is 5.92 Å². The van der Waals surface area contributed by atoms with Crippen molar-refractivity contribution in [3.8, 4) is 0 Å². The Morgan fingerprint density at radius 1 is 1.17 bits per heavy atom. The summed E-state index contributed by atoms with van der Waals surface area (Å²) >= 11 is 6.13. The quantitative estimate of drug-likeness (QED) is 0.733. The van der Waals surface area contributed by atoms with E-state index in [1.165, 1.54) is 4.31 Å². The number of rotatable bonds is 6. The van der Waals surface area contributed by atoms with Crippen LogP contribution in [0, 0.1) is 12.8 Å². The first-order valence-corrected chi connectivity index (χ1v) is 11.9. The van der Waals surface area contributed by atoms with E-state index in [9.17, 15) is 13.2 Å². The molecule has 1 aliphatic heterocycles. The molecule has 1 atom stereocenters. The normalized spacial score (nSPS) is 17.8. The molecular weight excluding hydrogens is 408 g/mol. The molecule has 29 heavy (non-hydrogen) atoms. The number of halogens is 1. The van der Waals surface area contributed by atoms with Crippen molar-refractivity contribution in [1.82, 2.24) is 4.31 Å². The van der Waals surface area contributed by atoms with Crippen molar-refractivity contribution in [3.63, 3.8) is 0 Å². The van der Waals surface area contributed by atoms with Gasteiger partial charge in [0.15, 0.2) is 0 Å². The van der Waals surface area contributed by atoms with Crippen molar-refractivity contribution in [2.45, 2.75) is 38.9 Å². The molecule has 156 valence electrons. The van der Waals surface area contributed by atoms with E-state index in [4.69, 9.17) is 11.6 Å². The Labute approximate surface area is 178 Å². The zero-order chi connectivity index (χ0) is 21.0. The molecule has 2 aromatic carbocycles. The van der Waals surface area contributed by atoms with Crippen LogP contribution in [0.4, 0.5) is 5.69 Å². The highest BCUT2D eigenvalue weighted by molar-refractivity contribution is 7.88. The summed E-state index contributed by atoms with van der Waals surface area (Å²) in [7, 11) is -3.55. The van der Waals surface area contributed by atoms with Crippen LogP contribution in [0.2, 0.25) is 5.02 Å². The maximum Gasteiger partial charge on any atom is 0.228 e. The third kappa shape index (κ3) is 5.18. The molecule has 0 spiro atoms. The average molecular weight is 435 g/mol. The van der Waals surface area contributed by atoms with E-state index in [-0.39, 0.29) is 24.1 Å². The number of carbonyl (C=O) groups excluding carboxylic acids is 1. The van der Waals surface area contributed by atoms with Gasteiger partial charge in [0.05, 0.1) is 11.7 Å². The fraction of sp³-hybridized carbons (Fsp3) is 0.409. The molecule has 1 aliphatic rings. The lowest BCUT2D eigenvalue weighted by atomic mass is 9.98. The van der Waals surface area contributed by atoms with Gasteiger partial charge in [-0.3, -0.25) is 4.79 Å². The van der Waals surface area contributed by atoms with E-state index in [2.05, 4.69) is 5.32 Å². The van der Waals surface area contributed by atoms with Crippen molar-refractivity contribution in [3.05, 3.63) is 64.2 Å². The number of para-hydroxylation sites is 1. The molecular formula is C22H27ClN2O3S. The van der Waals surface area contributed by atoms with Crippen LogP contribution in [0.25, 0.3) is 0 Å². The van der Waals surface area contributed by atoms with Crippen LogP contribution in [0.15, 0.2) is 42.5 Å². The predicted molar refractivity (Wildman–Crippen MR) is 118 cm³/mol. The minimum absolute atomic E-state index is 0.119. The second kappa shape index (κ2) is 9.28. The molecule has 0 aromatic heterocycles. The minimum atomic E-state index is -3.55. The van der Waals surface area contributed by atoms with Gasteiger partial charge in [-0.1, -0.05) is 54.9 Å². The molecule has 1 amide bonds. The Balaban J connectivity index is 1.72. The molecule has 3 rings (SSSR count). The summed E-state index contributed by atoms with van der Waals surface area (Å²) in [5.74, 6) is -0.639. The minimum Gasteiger partial charge on any atom is -0.325 e. The Morgan fingerprint density at radius 2 is 1.90 bits per heavy atom. The molecule has 1 saturated heterocycles. The van der Waals surface area contributed by atoms with Crippen molar-refractivity contribution in [1.29, 1.82) is 0 Å². The zero-order valence-electron chi connectivity index (χ0n) is 16.8. The first kappa shape index (κ1) is 21.8. The van der Waals surface area contributed by atoms with E-state index in [1.54, 1.807) is 24.3 Å². The Morgan fingerprint density at radius 3 is 2.62 bits per heavy atom. The summed E-state index contributed by atoms with van der Waals surface area (Å²) < 4.78 is 27.3. The summed E-state index contributed by atoms with van der Waals surface area (Å²) in [6.45, 7) is 4.65. The first-order valence-electron chi connectivity index (χ1n) is 9.92. The van der Waals surface area contributed by atoms with Gasteiger partial charge < -0.3 is 5.32 Å². The molecule has 2 aromatic rings. The van der Waals surface area contributed by atoms with Gasteiger partial charge in [-0.25, -0.2) is 12.7 Å². The molecule has 0 radical (unpaired) electrons. The van der Waals surface area contributed by atoms with Crippen LogP contribution < -0.4 is 5.32 Å². The molecule has 0 bridgehead atoms. The van der Waals surface area contributed by atoms with Crippen molar-refractivity contribution >= 4 is 33.2 Å². The number of anilines is 1. The zero-order valence-corrected chi connectivity index (χ0v) is 18.4. The lowest BCUT2D eigenvalue weighted by molar-refractivity contribution is -0.120. The molecule has 5 nitrogen and oxygen atoms in total. The van der Waals surface area contributed by atoms with Crippen LogP contribution in [0.5, 0.6) is 0 Å². The predicted octanol–water partition coefficient (Wildman–Crippen LogP) is 4.39. The van der Waals surface area contributed by atoms with E-state index < -0.39 is 10.0 Å². The SMILES string of the molecule is CCc1cccc(C)c1NC(=O)[C@@H]1CCCN(S(=O)(=O)Cc2ccccc2Cl)C1. The van der Waals surface area contributed by atoms with Gasteiger partial charge in [0.25, 0.3) is 0 Å². The monoisotopic (exact) mass is 434 g/mol. The number of hydrogen-bond donors (Lipinski definition) is 1. The lowest BCUT2D eigenvalue weighted by Crippen LogP contribution is -2.44.